The standard InChI is InChI=1S/C8H6BrNO2/c9-5-3-7-6(8(11)12)1-2-10(7)4-5/h1,3-4H,2H2,(H,11,12). The van der Waals surface area contributed by atoms with E-state index in [9.17, 15) is 4.79 Å². The second-order valence-corrected chi connectivity index (χ2v) is 3.53. The van der Waals surface area contributed by atoms with Crippen molar-refractivity contribution < 1.29 is 9.90 Å². The van der Waals surface area contributed by atoms with E-state index in [0.29, 0.717) is 12.1 Å². The number of halogens is 1. The Morgan fingerprint density at radius 3 is 3.08 bits per heavy atom. The smallest absolute Gasteiger partial charge is 0.337 e. The number of hydrogen-bond acceptors (Lipinski definition) is 1. The molecule has 1 N–H and O–H groups in total. The number of rotatable bonds is 1. The quantitative estimate of drug-likeness (QED) is 0.795. The Morgan fingerprint density at radius 1 is 1.67 bits per heavy atom. The first-order valence-corrected chi connectivity index (χ1v) is 4.27. The fourth-order valence-electron chi connectivity index (χ4n) is 1.34. The summed E-state index contributed by atoms with van der Waals surface area (Å²) in [5.74, 6) is -0.862. The van der Waals surface area contributed by atoms with Gasteiger partial charge in [-0.25, -0.2) is 4.79 Å². The molecule has 2 rings (SSSR count). The molecule has 1 aliphatic heterocycles. The van der Waals surface area contributed by atoms with Gasteiger partial charge in [0.25, 0.3) is 0 Å². The van der Waals surface area contributed by atoms with Crippen molar-refractivity contribution in [1.82, 2.24) is 4.57 Å². The van der Waals surface area contributed by atoms with Crippen LogP contribution in [0.15, 0.2) is 22.8 Å². The van der Waals surface area contributed by atoms with Crippen LogP contribution in [0.4, 0.5) is 0 Å². The van der Waals surface area contributed by atoms with Crippen LogP contribution in [-0.2, 0) is 11.3 Å². The summed E-state index contributed by atoms with van der Waals surface area (Å²) in [5, 5.41) is 8.77. The van der Waals surface area contributed by atoms with Crippen LogP contribution in [0.5, 0.6) is 0 Å². The number of carbonyl (C=O) groups is 1. The van der Waals surface area contributed by atoms with Crippen molar-refractivity contribution in [1.29, 1.82) is 0 Å². The van der Waals surface area contributed by atoms with E-state index >= 15 is 0 Å². The van der Waals surface area contributed by atoms with Gasteiger partial charge in [-0.15, -0.1) is 0 Å². The van der Waals surface area contributed by atoms with E-state index in [1.165, 1.54) is 0 Å². The minimum atomic E-state index is -0.862. The molecule has 0 aromatic carbocycles. The molecule has 62 valence electrons. The van der Waals surface area contributed by atoms with E-state index in [1.54, 1.807) is 6.08 Å². The molecule has 12 heavy (non-hydrogen) atoms. The van der Waals surface area contributed by atoms with Crippen molar-refractivity contribution in [2.75, 3.05) is 0 Å². The maximum absolute atomic E-state index is 10.7. The number of allylic oxidation sites excluding steroid dienone is 1. The molecule has 0 saturated carbocycles. The Labute approximate surface area is 77.4 Å². The van der Waals surface area contributed by atoms with Gasteiger partial charge >= 0.3 is 5.97 Å². The van der Waals surface area contributed by atoms with Gasteiger partial charge in [-0.3, -0.25) is 0 Å². The van der Waals surface area contributed by atoms with Gasteiger partial charge in [-0.2, -0.15) is 0 Å². The lowest BCUT2D eigenvalue weighted by Crippen LogP contribution is -1.98. The molecule has 4 heteroatoms. The summed E-state index contributed by atoms with van der Waals surface area (Å²) in [7, 11) is 0. The third-order valence-corrected chi connectivity index (χ3v) is 2.30. The Kier molecular flexibility index (Phi) is 1.58. The summed E-state index contributed by atoms with van der Waals surface area (Å²) >= 11 is 3.29. The number of aliphatic carboxylic acids is 1. The highest BCUT2D eigenvalue weighted by molar-refractivity contribution is 9.10. The lowest BCUT2D eigenvalue weighted by molar-refractivity contribution is -0.130. The van der Waals surface area contributed by atoms with Crippen LogP contribution in [0.1, 0.15) is 5.69 Å². The average Bonchev–Trinajstić information content (AvgIpc) is 2.43. The summed E-state index contributed by atoms with van der Waals surface area (Å²) in [6.45, 7) is 0.655. The molecular formula is C8H6BrNO2. The SMILES string of the molecule is O=C(O)C1=CCn2cc(Br)cc21. The number of fused-ring (bicyclic) bond motifs is 1. The van der Waals surface area contributed by atoms with Crippen LogP contribution < -0.4 is 0 Å². The van der Waals surface area contributed by atoms with Crippen LogP contribution in [0.3, 0.4) is 0 Å². The monoisotopic (exact) mass is 227 g/mol. The lowest BCUT2D eigenvalue weighted by atomic mass is 10.2. The minimum Gasteiger partial charge on any atom is -0.478 e. The molecule has 0 aliphatic carbocycles. The fraction of sp³-hybridized carbons (Fsp3) is 0.125. The van der Waals surface area contributed by atoms with Crippen LogP contribution in [0.2, 0.25) is 0 Å². The third kappa shape index (κ3) is 0.992. The number of carboxylic acid groups (broad SMARTS) is 1. The summed E-state index contributed by atoms with van der Waals surface area (Å²) in [6, 6.07) is 1.81. The maximum Gasteiger partial charge on any atom is 0.337 e. The first-order valence-electron chi connectivity index (χ1n) is 3.48. The first kappa shape index (κ1) is 7.61. The summed E-state index contributed by atoms with van der Waals surface area (Å²) in [6.07, 6.45) is 3.59. The van der Waals surface area contributed by atoms with Gasteiger partial charge < -0.3 is 9.67 Å². The zero-order valence-corrected chi connectivity index (χ0v) is 7.71. The van der Waals surface area contributed by atoms with E-state index < -0.39 is 5.97 Å². The molecule has 3 nitrogen and oxygen atoms in total. The van der Waals surface area contributed by atoms with Gasteiger partial charge in [0.05, 0.1) is 11.3 Å². The van der Waals surface area contributed by atoms with Crippen molar-refractivity contribution in [2.45, 2.75) is 6.54 Å². The molecule has 2 heterocycles. The van der Waals surface area contributed by atoms with Gasteiger partial charge in [-0.1, -0.05) is 0 Å². The van der Waals surface area contributed by atoms with Crippen molar-refractivity contribution in [3.8, 4) is 0 Å². The van der Waals surface area contributed by atoms with E-state index in [0.717, 1.165) is 10.2 Å². The Balaban J connectivity index is 2.50. The predicted octanol–water partition coefficient (Wildman–Crippen LogP) is 1.73. The van der Waals surface area contributed by atoms with Crippen LogP contribution in [-0.4, -0.2) is 15.6 Å². The third-order valence-electron chi connectivity index (χ3n) is 1.86. The lowest BCUT2D eigenvalue weighted by Gasteiger charge is -1.95. The molecule has 1 aromatic rings. The Hall–Kier alpha value is -1.03. The molecule has 1 aliphatic rings. The summed E-state index contributed by atoms with van der Waals surface area (Å²) in [4.78, 5) is 10.7. The zero-order valence-electron chi connectivity index (χ0n) is 6.12. The average molecular weight is 228 g/mol. The van der Waals surface area contributed by atoms with Crippen molar-refractivity contribution in [3.63, 3.8) is 0 Å². The molecule has 0 unspecified atom stereocenters. The molecular weight excluding hydrogens is 222 g/mol. The highest BCUT2D eigenvalue weighted by atomic mass is 79.9. The van der Waals surface area contributed by atoms with Crippen molar-refractivity contribution in [2.24, 2.45) is 0 Å². The Morgan fingerprint density at radius 2 is 2.42 bits per heavy atom. The maximum atomic E-state index is 10.7. The minimum absolute atomic E-state index is 0.390. The first-order chi connectivity index (χ1) is 5.68. The van der Waals surface area contributed by atoms with Crippen molar-refractivity contribution >= 4 is 27.5 Å². The molecule has 0 atom stereocenters. The second kappa shape index (κ2) is 2.48. The van der Waals surface area contributed by atoms with Crippen molar-refractivity contribution in [3.05, 3.63) is 28.5 Å². The van der Waals surface area contributed by atoms with E-state index in [4.69, 9.17) is 5.11 Å². The Bertz CT molecular complexity index is 378. The van der Waals surface area contributed by atoms with Gasteiger partial charge in [0.2, 0.25) is 0 Å². The molecule has 0 saturated heterocycles. The summed E-state index contributed by atoms with van der Waals surface area (Å²) < 4.78 is 2.82. The van der Waals surface area contributed by atoms with E-state index in [-0.39, 0.29) is 0 Å². The van der Waals surface area contributed by atoms with E-state index in [1.807, 2.05) is 16.8 Å². The molecule has 0 bridgehead atoms. The number of carboxylic acids is 1. The highest BCUT2D eigenvalue weighted by Gasteiger charge is 2.19. The van der Waals surface area contributed by atoms with Gasteiger partial charge in [0.15, 0.2) is 0 Å². The van der Waals surface area contributed by atoms with Crippen LogP contribution in [0.25, 0.3) is 5.57 Å². The van der Waals surface area contributed by atoms with Crippen LogP contribution in [0, 0.1) is 0 Å². The normalized spacial score (nSPS) is 14.2. The van der Waals surface area contributed by atoms with Crippen LogP contribution >= 0.6 is 15.9 Å². The molecule has 0 fully saturated rings. The number of hydrogen-bond donors (Lipinski definition) is 1. The molecule has 0 radical (unpaired) electrons. The zero-order chi connectivity index (χ0) is 8.72. The topological polar surface area (TPSA) is 42.2 Å². The largest absolute Gasteiger partial charge is 0.478 e. The number of nitrogens with zero attached hydrogens (tertiary/aromatic N) is 1. The second-order valence-electron chi connectivity index (χ2n) is 2.62. The predicted molar refractivity (Wildman–Crippen MR) is 47.7 cm³/mol. The molecule has 0 spiro atoms. The van der Waals surface area contributed by atoms with Gasteiger partial charge in [-0.05, 0) is 28.1 Å². The van der Waals surface area contributed by atoms with Gasteiger partial charge in [0, 0.05) is 17.2 Å². The van der Waals surface area contributed by atoms with Gasteiger partial charge in [0.1, 0.15) is 0 Å². The number of aromatic nitrogens is 1. The fourth-order valence-corrected chi connectivity index (χ4v) is 1.81. The van der Waals surface area contributed by atoms with E-state index in [2.05, 4.69) is 15.9 Å². The highest BCUT2D eigenvalue weighted by Crippen LogP contribution is 2.26. The summed E-state index contributed by atoms with van der Waals surface area (Å²) in [5.41, 5.74) is 1.16. The molecule has 0 amide bonds. The molecule has 1 aromatic heterocycles.